The first-order valence-corrected chi connectivity index (χ1v) is 10.3. The zero-order valence-corrected chi connectivity index (χ0v) is 16.1. The quantitative estimate of drug-likeness (QED) is 0.425. The largest absolute Gasteiger partial charge is 0.469 e. The molecule has 158 valence electrons. The Bertz CT molecular complexity index is 984. The summed E-state index contributed by atoms with van der Waals surface area (Å²) in [6, 6.07) is 9.35. The number of hydrogen-bond donors (Lipinski definition) is 4. The Balaban J connectivity index is 1.68. The third-order valence-corrected chi connectivity index (χ3v) is 4.82. The third kappa shape index (κ3) is 5.94. The van der Waals surface area contributed by atoms with Gasteiger partial charge in [0.2, 0.25) is 0 Å². The Morgan fingerprint density at radius 3 is 2.62 bits per heavy atom. The average molecular weight is 428 g/mol. The molecule has 1 saturated heterocycles. The van der Waals surface area contributed by atoms with Crippen molar-refractivity contribution in [3.63, 3.8) is 0 Å². The number of ether oxygens (including phenoxy) is 2. The fourth-order valence-electron chi connectivity index (χ4n) is 2.90. The summed E-state index contributed by atoms with van der Waals surface area (Å²) >= 11 is 0. The number of benzene rings is 1. The Kier molecular flexibility index (Phi) is 6.81. The Morgan fingerprint density at radius 2 is 1.93 bits per heavy atom. The van der Waals surface area contributed by atoms with Gasteiger partial charge in [0.05, 0.1) is 31.5 Å². The van der Waals surface area contributed by atoms with E-state index < -0.39 is 44.1 Å². The molecule has 11 nitrogen and oxygen atoms in total. The van der Waals surface area contributed by atoms with Gasteiger partial charge in [-0.15, -0.1) is 0 Å². The van der Waals surface area contributed by atoms with Crippen LogP contribution in [-0.4, -0.2) is 43.3 Å². The molecule has 1 aromatic carbocycles. The number of aromatic nitrogens is 2. The third-order valence-electron chi connectivity index (χ3n) is 4.33. The second-order valence-corrected chi connectivity index (χ2v) is 7.76. The minimum absolute atomic E-state index is 0.0224. The second-order valence-electron chi connectivity index (χ2n) is 6.52. The van der Waals surface area contributed by atoms with Crippen LogP contribution in [0.1, 0.15) is 23.8 Å². The monoisotopic (exact) mass is 428 g/mol. The molecule has 0 bridgehead atoms. The summed E-state index contributed by atoms with van der Waals surface area (Å²) in [5.41, 5.74) is -0.226. The van der Waals surface area contributed by atoms with Gasteiger partial charge in [0.1, 0.15) is 12.3 Å². The fourth-order valence-corrected chi connectivity index (χ4v) is 3.24. The van der Waals surface area contributed by atoms with Crippen molar-refractivity contribution in [2.24, 2.45) is 0 Å². The normalized spacial score (nSPS) is 22.1. The smallest absolute Gasteiger partial charge is 0.390 e. The number of rotatable bonds is 8. The van der Waals surface area contributed by atoms with E-state index in [1.54, 1.807) is 0 Å². The van der Waals surface area contributed by atoms with E-state index in [0.717, 1.165) is 10.1 Å². The van der Waals surface area contributed by atoms with Crippen LogP contribution >= 0.6 is 7.82 Å². The van der Waals surface area contributed by atoms with Crippen molar-refractivity contribution in [2.45, 2.75) is 38.1 Å². The molecular weight excluding hydrogens is 407 g/mol. The van der Waals surface area contributed by atoms with Crippen LogP contribution in [0.15, 0.2) is 46.1 Å². The summed E-state index contributed by atoms with van der Waals surface area (Å²) < 4.78 is 27.3. The molecule has 1 aliphatic heterocycles. The average Bonchev–Trinajstić information content (AvgIpc) is 3.02. The first kappa shape index (κ1) is 21.6. The topological polar surface area (TPSA) is 160 Å². The number of H-pyrrole nitrogens is 1. The van der Waals surface area contributed by atoms with Gasteiger partial charge < -0.3 is 24.4 Å². The number of phosphoric ester groups is 1. The highest BCUT2D eigenvalue weighted by atomic mass is 31.2. The highest BCUT2D eigenvalue weighted by Gasteiger charge is 2.37. The summed E-state index contributed by atoms with van der Waals surface area (Å²) in [4.78, 5) is 43.9. The summed E-state index contributed by atoms with van der Waals surface area (Å²) in [6.45, 7) is -0.322. The van der Waals surface area contributed by atoms with Crippen LogP contribution in [0.5, 0.6) is 0 Å². The van der Waals surface area contributed by atoms with Gasteiger partial charge in [-0.2, -0.15) is 0 Å². The van der Waals surface area contributed by atoms with Gasteiger partial charge in [-0.25, -0.2) is 9.36 Å². The van der Waals surface area contributed by atoms with E-state index in [4.69, 9.17) is 19.3 Å². The second kappa shape index (κ2) is 9.14. The van der Waals surface area contributed by atoms with E-state index in [1.807, 2.05) is 30.3 Å². The first-order valence-electron chi connectivity index (χ1n) is 8.72. The minimum atomic E-state index is -4.72. The molecule has 2 aromatic rings. The molecule has 1 aliphatic rings. The van der Waals surface area contributed by atoms with Gasteiger partial charge in [-0.05, 0) is 5.56 Å². The summed E-state index contributed by atoms with van der Waals surface area (Å²) in [7, 11) is -4.72. The van der Waals surface area contributed by atoms with Gasteiger partial charge >= 0.3 is 13.5 Å². The summed E-state index contributed by atoms with van der Waals surface area (Å²) in [6.07, 6.45) is -1.82. The molecule has 0 spiro atoms. The van der Waals surface area contributed by atoms with E-state index >= 15 is 0 Å². The van der Waals surface area contributed by atoms with Gasteiger partial charge in [-0.1, -0.05) is 30.3 Å². The molecule has 12 heteroatoms. The predicted molar refractivity (Wildman–Crippen MR) is 98.8 cm³/mol. The molecule has 0 aliphatic carbocycles. The number of nitrogens with one attached hydrogen (secondary N) is 1. The van der Waals surface area contributed by atoms with E-state index in [2.05, 4.69) is 9.51 Å². The van der Waals surface area contributed by atoms with Crippen molar-refractivity contribution >= 4 is 7.82 Å². The maximum absolute atomic E-state index is 12.2. The lowest BCUT2D eigenvalue weighted by Gasteiger charge is -2.17. The maximum Gasteiger partial charge on any atom is 0.469 e. The molecule has 4 N–H and O–H groups in total. The van der Waals surface area contributed by atoms with Crippen LogP contribution in [0, 0.1) is 0 Å². The Labute approximate surface area is 164 Å². The molecule has 1 aromatic heterocycles. The van der Waals surface area contributed by atoms with Crippen LogP contribution in [0.2, 0.25) is 0 Å². The van der Waals surface area contributed by atoms with Gasteiger partial charge in [0, 0.05) is 12.6 Å². The van der Waals surface area contributed by atoms with Crippen molar-refractivity contribution in [3.8, 4) is 0 Å². The van der Waals surface area contributed by atoms with E-state index in [0.29, 0.717) is 0 Å². The highest BCUT2D eigenvalue weighted by molar-refractivity contribution is 7.46. The van der Waals surface area contributed by atoms with Crippen molar-refractivity contribution in [1.29, 1.82) is 0 Å². The molecular formula is C17H21N2O9P. The number of phosphoric acid groups is 1. The Hall–Kier alpha value is -2.11. The standard InChI is InChI=1S/C17H21N2O9P/c20-13-6-15(28-14(13)10-27-29(23,24)25)19-7-12(16(21)18-17(19)22)9-26-8-11-4-2-1-3-5-11/h1-5,7,13-15,20H,6,8-10H2,(H,18,21,22)(H2,23,24,25)/t13-,14+,15+/m0/s1. The number of aliphatic hydroxyl groups excluding tert-OH is 1. The van der Waals surface area contributed by atoms with E-state index in [1.165, 1.54) is 6.20 Å². The molecule has 0 unspecified atom stereocenters. The molecule has 0 amide bonds. The van der Waals surface area contributed by atoms with Gasteiger partial charge in [0.25, 0.3) is 5.56 Å². The first-order chi connectivity index (χ1) is 13.7. The number of hydrogen-bond acceptors (Lipinski definition) is 7. The van der Waals surface area contributed by atoms with Crippen LogP contribution in [0.4, 0.5) is 0 Å². The van der Waals surface area contributed by atoms with Crippen molar-refractivity contribution in [3.05, 3.63) is 68.5 Å². The van der Waals surface area contributed by atoms with Crippen LogP contribution in [-0.2, 0) is 31.8 Å². The zero-order chi connectivity index (χ0) is 21.0. The van der Waals surface area contributed by atoms with Crippen LogP contribution < -0.4 is 11.2 Å². The SMILES string of the molecule is O=c1[nH]c(=O)n([C@H]2C[C@H](O)[C@@H](COP(=O)(O)O)O2)cc1COCc1ccccc1. The van der Waals surface area contributed by atoms with Crippen molar-refractivity contribution < 1.29 is 33.5 Å². The predicted octanol–water partition coefficient (Wildman–Crippen LogP) is 0.0111. The van der Waals surface area contributed by atoms with Gasteiger partial charge in [-0.3, -0.25) is 18.9 Å². The summed E-state index contributed by atoms with van der Waals surface area (Å²) in [5, 5.41) is 10.0. The Morgan fingerprint density at radius 1 is 1.21 bits per heavy atom. The molecule has 29 heavy (non-hydrogen) atoms. The lowest BCUT2D eigenvalue weighted by atomic mass is 10.2. The maximum atomic E-state index is 12.2. The zero-order valence-electron chi connectivity index (χ0n) is 15.2. The minimum Gasteiger partial charge on any atom is -0.390 e. The molecule has 0 saturated carbocycles. The number of aliphatic hydroxyl groups is 1. The van der Waals surface area contributed by atoms with Gasteiger partial charge in [0.15, 0.2) is 0 Å². The van der Waals surface area contributed by atoms with Crippen LogP contribution in [0.3, 0.4) is 0 Å². The molecule has 1 fully saturated rings. The van der Waals surface area contributed by atoms with Crippen LogP contribution in [0.25, 0.3) is 0 Å². The number of nitrogens with zero attached hydrogens (tertiary/aromatic N) is 1. The van der Waals surface area contributed by atoms with E-state index in [9.17, 15) is 19.3 Å². The summed E-state index contributed by atoms with van der Waals surface area (Å²) in [5.74, 6) is 0. The molecule has 2 heterocycles. The van der Waals surface area contributed by atoms with E-state index in [-0.39, 0.29) is 25.2 Å². The van der Waals surface area contributed by atoms with Crippen molar-refractivity contribution in [2.75, 3.05) is 6.61 Å². The lowest BCUT2D eigenvalue weighted by Crippen LogP contribution is -2.34. The molecule has 0 radical (unpaired) electrons. The van der Waals surface area contributed by atoms with Crippen molar-refractivity contribution in [1.82, 2.24) is 9.55 Å². The lowest BCUT2D eigenvalue weighted by molar-refractivity contribution is -0.0453. The fraction of sp³-hybridized carbons (Fsp3) is 0.412. The molecule has 3 rings (SSSR count). The number of aromatic amines is 1. The molecule has 3 atom stereocenters. The highest BCUT2D eigenvalue weighted by Crippen LogP contribution is 2.38.